The van der Waals surface area contributed by atoms with Gasteiger partial charge in [-0.2, -0.15) is 5.10 Å². The Labute approximate surface area is 169 Å². The van der Waals surface area contributed by atoms with Crippen molar-refractivity contribution in [3.05, 3.63) is 56.3 Å². The Bertz CT molecular complexity index is 957. The number of nitrogens with zero attached hydrogens (tertiary/aromatic N) is 3. The largest absolute Gasteiger partial charge is 0.332 e. The van der Waals surface area contributed by atoms with E-state index in [1.165, 1.54) is 11.3 Å². The second-order valence-electron chi connectivity index (χ2n) is 5.59. The van der Waals surface area contributed by atoms with Gasteiger partial charge in [0.15, 0.2) is 10.6 Å². The lowest BCUT2D eigenvalue weighted by Gasteiger charge is -2.25. The molecule has 0 saturated heterocycles. The molecule has 1 amide bonds. The Balaban J connectivity index is 1.89. The van der Waals surface area contributed by atoms with Crippen molar-refractivity contribution in [3.63, 3.8) is 0 Å². The topological polar surface area (TPSA) is 53.9 Å². The highest BCUT2D eigenvalue weighted by molar-refractivity contribution is 7.71. The summed E-state index contributed by atoms with van der Waals surface area (Å²) < 4.78 is 2.89. The summed E-state index contributed by atoms with van der Waals surface area (Å²) in [4.78, 5) is 16.9. The molecular weight excluding hydrogens is 408 g/mol. The first kappa shape index (κ1) is 19.0. The molecule has 3 rings (SSSR count). The number of carbonyl (C=O) groups excluding carboxylic acids is 1. The zero-order valence-electron chi connectivity index (χ0n) is 14.0. The first-order valence-corrected chi connectivity index (χ1v) is 10.3. The van der Waals surface area contributed by atoms with Gasteiger partial charge in [0.25, 0.3) is 0 Å². The van der Waals surface area contributed by atoms with Crippen LogP contribution in [-0.4, -0.2) is 32.1 Å². The van der Waals surface area contributed by atoms with Crippen molar-refractivity contribution in [1.82, 2.24) is 19.7 Å². The molecule has 1 atom stereocenters. The molecule has 0 aliphatic carbocycles. The van der Waals surface area contributed by atoms with Crippen LogP contribution in [-0.2, 0) is 11.3 Å². The Morgan fingerprint density at radius 2 is 2.35 bits per heavy atom. The van der Waals surface area contributed by atoms with Gasteiger partial charge in [-0.25, -0.2) is 0 Å². The molecule has 0 aromatic carbocycles. The standard InChI is InChI=1S/C17H17ClN4OS3/c1-3-8-21(10-12-6-7-14(18)26-12)16(23)11(2)22-15(19-20-17(22)24)13-5-4-9-25-13/h3-7,9,11H,1,8,10H2,2H3,(H,20,24). The smallest absolute Gasteiger partial charge is 0.246 e. The van der Waals surface area contributed by atoms with Gasteiger partial charge in [-0.3, -0.25) is 14.5 Å². The Morgan fingerprint density at radius 3 is 2.96 bits per heavy atom. The highest BCUT2D eigenvalue weighted by Gasteiger charge is 2.25. The summed E-state index contributed by atoms with van der Waals surface area (Å²) in [6.07, 6.45) is 1.72. The van der Waals surface area contributed by atoms with E-state index in [4.69, 9.17) is 23.8 Å². The minimum Gasteiger partial charge on any atom is -0.332 e. The molecular formula is C17H17ClN4OS3. The molecule has 3 heterocycles. The van der Waals surface area contributed by atoms with E-state index in [2.05, 4.69) is 16.8 Å². The third-order valence-electron chi connectivity index (χ3n) is 3.83. The Hall–Kier alpha value is -1.74. The van der Waals surface area contributed by atoms with Crippen molar-refractivity contribution in [2.45, 2.75) is 19.5 Å². The first-order valence-electron chi connectivity index (χ1n) is 7.86. The number of hydrogen-bond donors (Lipinski definition) is 1. The molecule has 1 N–H and O–H groups in total. The summed E-state index contributed by atoms with van der Waals surface area (Å²) in [5, 5.41) is 9.07. The molecule has 0 aliphatic rings. The van der Waals surface area contributed by atoms with Gasteiger partial charge in [0, 0.05) is 11.4 Å². The number of halogens is 1. The first-order chi connectivity index (χ1) is 12.5. The number of thiophene rings is 2. The fraction of sp³-hybridized carbons (Fsp3) is 0.235. The van der Waals surface area contributed by atoms with Crippen molar-refractivity contribution < 1.29 is 4.79 Å². The van der Waals surface area contributed by atoms with Crippen LogP contribution in [0.2, 0.25) is 4.34 Å². The minimum atomic E-state index is -0.492. The quantitative estimate of drug-likeness (QED) is 0.421. The van der Waals surface area contributed by atoms with Crippen LogP contribution >= 0.6 is 46.5 Å². The number of rotatable bonds is 7. The average molecular weight is 425 g/mol. The van der Waals surface area contributed by atoms with Crippen LogP contribution in [0.4, 0.5) is 0 Å². The van der Waals surface area contributed by atoms with Gasteiger partial charge >= 0.3 is 0 Å². The molecule has 0 radical (unpaired) electrons. The molecule has 0 saturated carbocycles. The van der Waals surface area contributed by atoms with E-state index in [0.29, 0.717) is 28.0 Å². The van der Waals surface area contributed by atoms with Crippen molar-refractivity contribution in [1.29, 1.82) is 0 Å². The second-order valence-corrected chi connectivity index (χ2v) is 8.72. The minimum absolute atomic E-state index is 0.0512. The normalized spacial score (nSPS) is 12.1. The number of nitrogens with one attached hydrogen (secondary N) is 1. The third-order valence-corrected chi connectivity index (χ3v) is 6.20. The van der Waals surface area contributed by atoms with Crippen LogP contribution in [0.3, 0.4) is 0 Å². The van der Waals surface area contributed by atoms with Crippen molar-refractivity contribution in [2.75, 3.05) is 6.54 Å². The number of H-pyrrole nitrogens is 1. The summed E-state index contributed by atoms with van der Waals surface area (Å²) in [6.45, 7) is 6.52. The predicted octanol–water partition coefficient (Wildman–Crippen LogP) is 5.16. The molecule has 3 aromatic rings. The zero-order chi connectivity index (χ0) is 18.7. The summed E-state index contributed by atoms with van der Waals surface area (Å²) in [5.74, 6) is 0.619. The van der Waals surface area contributed by atoms with E-state index in [9.17, 15) is 4.79 Å². The highest BCUT2D eigenvalue weighted by atomic mass is 35.5. The van der Waals surface area contributed by atoms with E-state index < -0.39 is 6.04 Å². The summed E-state index contributed by atoms with van der Waals surface area (Å²) in [7, 11) is 0. The lowest BCUT2D eigenvalue weighted by Crippen LogP contribution is -2.36. The maximum atomic E-state index is 13.2. The maximum Gasteiger partial charge on any atom is 0.246 e. The highest BCUT2D eigenvalue weighted by Crippen LogP contribution is 2.27. The Kier molecular flexibility index (Phi) is 6.08. The molecule has 136 valence electrons. The molecule has 1 unspecified atom stereocenters. The molecule has 0 spiro atoms. The van der Waals surface area contributed by atoms with Crippen LogP contribution in [0, 0.1) is 4.77 Å². The van der Waals surface area contributed by atoms with Gasteiger partial charge in [-0.15, -0.1) is 29.3 Å². The fourth-order valence-electron chi connectivity index (χ4n) is 2.63. The number of amides is 1. The van der Waals surface area contributed by atoms with Gasteiger partial charge < -0.3 is 4.90 Å². The molecule has 9 heteroatoms. The number of aromatic amines is 1. The average Bonchev–Trinajstić information content (AvgIpc) is 3.34. The van der Waals surface area contributed by atoms with E-state index in [0.717, 1.165) is 9.75 Å². The maximum absolute atomic E-state index is 13.2. The monoisotopic (exact) mass is 424 g/mol. The number of carbonyl (C=O) groups is 1. The van der Waals surface area contributed by atoms with Crippen LogP contribution < -0.4 is 0 Å². The van der Waals surface area contributed by atoms with Crippen LogP contribution in [0.5, 0.6) is 0 Å². The van der Waals surface area contributed by atoms with Gasteiger partial charge in [0.2, 0.25) is 5.91 Å². The van der Waals surface area contributed by atoms with Crippen molar-refractivity contribution in [3.8, 4) is 10.7 Å². The van der Waals surface area contributed by atoms with Gasteiger partial charge in [-0.05, 0) is 42.7 Å². The van der Waals surface area contributed by atoms with E-state index in [-0.39, 0.29) is 5.91 Å². The SMILES string of the molecule is C=CCN(Cc1ccc(Cl)s1)C(=O)C(C)n1c(-c2cccs2)n[nH]c1=S. The number of hydrogen-bond acceptors (Lipinski definition) is 5. The van der Waals surface area contributed by atoms with E-state index in [1.54, 1.807) is 26.9 Å². The van der Waals surface area contributed by atoms with Crippen LogP contribution in [0.15, 0.2) is 42.3 Å². The molecule has 26 heavy (non-hydrogen) atoms. The lowest BCUT2D eigenvalue weighted by molar-refractivity contribution is -0.134. The van der Waals surface area contributed by atoms with Crippen molar-refractivity contribution in [2.24, 2.45) is 0 Å². The third kappa shape index (κ3) is 3.98. The number of aromatic nitrogens is 3. The predicted molar refractivity (Wildman–Crippen MR) is 110 cm³/mol. The van der Waals surface area contributed by atoms with Gasteiger partial charge in [-0.1, -0.05) is 23.7 Å². The van der Waals surface area contributed by atoms with Crippen molar-refractivity contribution >= 4 is 52.4 Å². The molecule has 3 aromatic heterocycles. The summed E-state index contributed by atoms with van der Waals surface area (Å²) in [6, 6.07) is 7.18. The molecule has 0 aliphatic heterocycles. The summed E-state index contributed by atoms with van der Waals surface area (Å²) >= 11 is 14.4. The van der Waals surface area contributed by atoms with E-state index in [1.807, 2.05) is 36.6 Å². The zero-order valence-corrected chi connectivity index (χ0v) is 17.2. The molecule has 0 bridgehead atoms. The molecule has 0 fully saturated rings. The van der Waals surface area contributed by atoms with Gasteiger partial charge in [0.05, 0.1) is 15.8 Å². The molecule has 5 nitrogen and oxygen atoms in total. The summed E-state index contributed by atoms with van der Waals surface area (Å²) in [5.41, 5.74) is 0. The second kappa shape index (κ2) is 8.30. The van der Waals surface area contributed by atoms with Gasteiger partial charge in [0.1, 0.15) is 6.04 Å². The Morgan fingerprint density at radius 1 is 1.54 bits per heavy atom. The fourth-order valence-corrected chi connectivity index (χ4v) is 4.74. The van der Waals surface area contributed by atoms with E-state index >= 15 is 0 Å². The lowest BCUT2D eigenvalue weighted by atomic mass is 10.2. The van der Waals surface area contributed by atoms with Crippen LogP contribution in [0.1, 0.15) is 17.8 Å². The van der Waals surface area contributed by atoms with Crippen LogP contribution in [0.25, 0.3) is 10.7 Å².